The molecule has 2 aliphatic heterocycles. The number of aromatic nitrogens is 6. The molecule has 0 atom stereocenters. The zero-order valence-electron chi connectivity index (χ0n) is 34.0. The minimum Gasteiger partial charge on any atom is -0.370 e. The number of nitrogens with one attached hydrogen (secondary N) is 5. The van der Waals surface area contributed by atoms with Gasteiger partial charge in [0.1, 0.15) is 8.42 Å². The van der Waals surface area contributed by atoms with Gasteiger partial charge in [-0.3, -0.25) is 5.32 Å². The van der Waals surface area contributed by atoms with Crippen molar-refractivity contribution in [3.05, 3.63) is 84.2 Å². The van der Waals surface area contributed by atoms with E-state index in [2.05, 4.69) is 55.7 Å². The Hall–Kier alpha value is -6.37. The molecule has 0 spiro atoms. The Kier molecular flexibility index (Phi) is 12.5. The maximum absolute atomic E-state index is 14.1. The van der Waals surface area contributed by atoms with E-state index in [-0.39, 0.29) is 23.8 Å². The fraction of sp³-hybridized carbons (Fsp3) is 0.308. The summed E-state index contributed by atoms with van der Waals surface area (Å²) in [5, 5.41) is 7.31. The molecule has 5 N–H and O–H groups in total. The molecule has 2 aromatic carbocycles. The molecule has 2 fully saturated rings. The van der Waals surface area contributed by atoms with Crippen LogP contribution in [0.1, 0.15) is 60.1 Å². The van der Waals surface area contributed by atoms with Gasteiger partial charge in [0.2, 0.25) is 15.4 Å². The number of aromatic amines is 2. The molecule has 0 aliphatic carbocycles. The average molecular weight is 935 g/mol. The highest BCUT2D eigenvalue weighted by molar-refractivity contribution is 7.93. The molecule has 6 heterocycles. The molecular formula is C39H42N12O8S4. The molecule has 2 saturated heterocycles. The average Bonchev–Trinajstić information content (AvgIpc) is 4.13. The number of benzene rings is 2. The predicted octanol–water partition coefficient (Wildman–Crippen LogP) is 6.76. The molecule has 20 nitrogen and oxygen atoms in total. The highest BCUT2D eigenvalue weighted by atomic mass is 32.2. The summed E-state index contributed by atoms with van der Waals surface area (Å²) in [4.78, 5) is 71.7. The number of hydroxylamine groups is 1. The van der Waals surface area contributed by atoms with Gasteiger partial charge in [0.25, 0.3) is 19.7 Å². The Labute approximate surface area is 369 Å². The molecule has 63 heavy (non-hydrogen) atoms. The number of rotatable bonds is 11. The molecule has 0 saturated carbocycles. The van der Waals surface area contributed by atoms with Crippen LogP contribution >= 0.6 is 22.7 Å². The van der Waals surface area contributed by atoms with E-state index in [1.807, 2.05) is 38.1 Å². The molecule has 330 valence electrons. The van der Waals surface area contributed by atoms with E-state index in [4.69, 9.17) is 4.84 Å². The van der Waals surface area contributed by atoms with Gasteiger partial charge in [-0.05, 0) is 87.8 Å². The topological polar surface area (TPSA) is 258 Å². The lowest BCUT2D eigenvalue weighted by atomic mass is 10.1. The van der Waals surface area contributed by atoms with Crippen LogP contribution in [0.2, 0.25) is 0 Å². The van der Waals surface area contributed by atoms with Crippen LogP contribution in [0.3, 0.4) is 0 Å². The molecule has 6 aromatic rings. The van der Waals surface area contributed by atoms with Crippen molar-refractivity contribution in [2.24, 2.45) is 0 Å². The number of nitrogens with zero attached hydrogens (tertiary/aromatic N) is 7. The van der Waals surface area contributed by atoms with Crippen molar-refractivity contribution in [2.45, 2.75) is 71.1 Å². The first kappa shape index (κ1) is 43.3. The summed E-state index contributed by atoms with van der Waals surface area (Å²) >= 11 is 1.20. The SMILES string of the molecule is Cc1ccc(NC(=O)Nc2ncc(S(=O)(=O)c3nc(C(=O)ON(C(=O)Nc4ccc(C)cc4N4CCCCC4)c4ncc(S(=O)(=O)c5ncc[nH]5)s4)c[nH]3)s2)c(N2CCCCC2)c1. The van der Waals surface area contributed by atoms with E-state index in [9.17, 15) is 31.2 Å². The van der Waals surface area contributed by atoms with Crippen LogP contribution in [0, 0.1) is 13.8 Å². The lowest BCUT2D eigenvalue weighted by Gasteiger charge is -2.31. The number of urea groups is 2. The molecule has 0 bridgehead atoms. The second-order valence-corrected chi connectivity index (χ2v) is 21.0. The maximum atomic E-state index is 14.1. The zero-order valence-corrected chi connectivity index (χ0v) is 37.2. The van der Waals surface area contributed by atoms with E-state index >= 15 is 0 Å². The van der Waals surface area contributed by atoms with Crippen molar-refractivity contribution in [3.8, 4) is 0 Å². The first-order valence-corrected chi connectivity index (χ1v) is 24.5. The molecule has 0 radical (unpaired) electrons. The number of carbonyl (C=O) groups excluding carboxylic acids is 3. The van der Waals surface area contributed by atoms with E-state index < -0.39 is 48.6 Å². The van der Waals surface area contributed by atoms with Gasteiger partial charge in [-0.1, -0.05) is 39.9 Å². The molecule has 4 amide bonds. The van der Waals surface area contributed by atoms with Crippen LogP contribution in [0.15, 0.2) is 86.1 Å². The van der Waals surface area contributed by atoms with Gasteiger partial charge in [-0.15, -0.1) is 0 Å². The maximum Gasteiger partial charge on any atom is 0.383 e. The van der Waals surface area contributed by atoms with Crippen molar-refractivity contribution in [3.63, 3.8) is 0 Å². The van der Waals surface area contributed by atoms with Crippen LogP contribution in [0.4, 0.5) is 42.6 Å². The Morgan fingerprint density at radius 1 is 0.714 bits per heavy atom. The van der Waals surface area contributed by atoms with E-state index in [1.165, 1.54) is 12.4 Å². The number of anilines is 6. The normalized spacial score (nSPS) is 14.6. The largest absolute Gasteiger partial charge is 0.383 e. The monoisotopic (exact) mass is 934 g/mol. The first-order chi connectivity index (χ1) is 30.3. The number of sulfone groups is 2. The van der Waals surface area contributed by atoms with Gasteiger partial charge in [0.05, 0.1) is 35.1 Å². The number of amides is 4. The Bertz CT molecular complexity index is 2860. The summed E-state index contributed by atoms with van der Waals surface area (Å²) in [6.45, 7) is 7.16. The lowest BCUT2D eigenvalue weighted by Crippen LogP contribution is -2.38. The molecule has 24 heteroatoms. The third kappa shape index (κ3) is 9.52. The third-order valence-electron chi connectivity index (χ3n) is 10.2. The van der Waals surface area contributed by atoms with Gasteiger partial charge in [-0.2, -0.15) is 0 Å². The van der Waals surface area contributed by atoms with Crippen molar-refractivity contribution < 1.29 is 36.1 Å². The van der Waals surface area contributed by atoms with Crippen molar-refractivity contribution in [1.29, 1.82) is 0 Å². The molecule has 2 aliphatic rings. The van der Waals surface area contributed by atoms with Gasteiger partial charge >= 0.3 is 18.0 Å². The van der Waals surface area contributed by atoms with Crippen LogP contribution in [0.5, 0.6) is 0 Å². The van der Waals surface area contributed by atoms with Gasteiger partial charge in [0.15, 0.2) is 10.8 Å². The second kappa shape index (κ2) is 18.2. The van der Waals surface area contributed by atoms with Crippen LogP contribution < -0.4 is 30.8 Å². The summed E-state index contributed by atoms with van der Waals surface area (Å²) in [7, 11) is -8.62. The number of hydrogen-bond acceptors (Lipinski definition) is 16. The zero-order chi connectivity index (χ0) is 44.3. The van der Waals surface area contributed by atoms with E-state index in [0.717, 1.165) is 106 Å². The van der Waals surface area contributed by atoms with Gasteiger partial charge < -0.3 is 35.2 Å². The van der Waals surface area contributed by atoms with Crippen LogP contribution in [-0.2, 0) is 24.5 Å². The van der Waals surface area contributed by atoms with Crippen LogP contribution in [-0.4, -0.2) is 91.0 Å². The van der Waals surface area contributed by atoms with Crippen molar-refractivity contribution in [2.75, 3.05) is 57.0 Å². The minimum absolute atomic E-state index is 0.0144. The third-order valence-corrected chi connectivity index (χ3v) is 16.2. The summed E-state index contributed by atoms with van der Waals surface area (Å²) in [5.41, 5.74) is 4.08. The Morgan fingerprint density at radius 3 is 1.92 bits per heavy atom. The number of imidazole rings is 2. The Balaban J connectivity index is 0.998. The van der Waals surface area contributed by atoms with Crippen molar-refractivity contribution in [1.82, 2.24) is 29.9 Å². The van der Waals surface area contributed by atoms with Crippen molar-refractivity contribution >= 4 is 93.4 Å². The van der Waals surface area contributed by atoms with Gasteiger partial charge in [0, 0.05) is 44.8 Å². The number of carbonyl (C=O) groups is 3. The number of thiazole rings is 2. The number of piperidine rings is 2. The molecule has 0 unspecified atom stereocenters. The lowest BCUT2D eigenvalue weighted by molar-refractivity contribution is 0.0483. The highest BCUT2D eigenvalue weighted by Gasteiger charge is 2.33. The summed E-state index contributed by atoms with van der Waals surface area (Å²) in [6.07, 6.45) is 11.9. The Morgan fingerprint density at radius 2 is 1.30 bits per heavy atom. The van der Waals surface area contributed by atoms with E-state index in [0.29, 0.717) is 39.1 Å². The quantitative estimate of drug-likeness (QED) is 0.0841. The number of H-pyrrole nitrogens is 2. The summed E-state index contributed by atoms with van der Waals surface area (Å²) < 4.78 is 53.3. The fourth-order valence-electron chi connectivity index (χ4n) is 7.05. The highest BCUT2D eigenvalue weighted by Crippen LogP contribution is 2.35. The minimum atomic E-state index is -4.42. The number of aryl methyl sites for hydroxylation is 2. The fourth-order valence-corrected chi connectivity index (χ4v) is 11.6. The molecule has 8 rings (SSSR count). The molecule has 4 aromatic heterocycles. The predicted molar refractivity (Wildman–Crippen MR) is 236 cm³/mol. The van der Waals surface area contributed by atoms with Crippen LogP contribution in [0.25, 0.3) is 0 Å². The first-order valence-electron chi connectivity index (χ1n) is 19.9. The standard InChI is InChI=1S/C39H42N12O8S4/c1-24-9-11-26(29(19-24)49-15-5-3-6-16-49)45-34(53)48-35-42-22-31(60-35)63(57,58)37-43-21-28(46-37)33(52)59-51(39-44-23-32(61-39)62(55,56)36-40-13-14-41-36)38(54)47-27-12-10-25(2)20-30(27)50-17-7-4-8-18-50/h9-14,19-23H,3-8,15-18H2,1-2H3,(H,40,41)(H,43,46)(H,47,54)(H2,42,45,48,53). The second-order valence-electron chi connectivity index (χ2n) is 14.8. The van der Waals surface area contributed by atoms with E-state index in [1.54, 1.807) is 12.1 Å². The molecular weight excluding hydrogens is 893 g/mol. The smallest absolute Gasteiger partial charge is 0.370 e. The number of hydrogen-bond donors (Lipinski definition) is 5. The summed E-state index contributed by atoms with van der Waals surface area (Å²) in [6, 6.07) is 9.52. The summed E-state index contributed by atoms with van der Waals surface area (Å²) in [5.74, 6) is -1.28. The van der Waals surface area contributed by atoms with Gasteiger partial charge in [-0.25, -0.2) is 51.2 Å².